The van der Waals surface area contributed by atoms with Crippen LogP contribution in [0.1, 0.15) is 74.1 Å². The van der Waals surface area contributed by atoms with Gasteiger partial charge in [-0.1, -0.05) is 58.9 Å². The first kappa shape index (κ1) is 24.2. The number of carbonyl (C=O) groups is 1. The summed E-state index contributed by atoms with van der Waals surface area (Å²) < 4.78 is 0. The minimum absolute atomic E-state index is 0.206. The summed E-state index contributed by atoms with van der Waals surface area (Å²) in [5.74, 6) is 0.767. The summed E-state index contributed by atoms with van der Waals surface area (Å²) in [6, 6.07) is 10.5. The van der Waals surface area contributed by atoms with Crippen LogP contribution in [0.3, 0.4) is 0 Å². The van der Waals surface area contributed by atoms with Crippen LogP contribution in [0.5, 0.6) is 0 Å². The molecule has 32 heavy (non-hydrogen) atoms. The molecule has 1 aliphatic carbocycles. The molecule has 168 valence electrons. The normalized spacial score (nSPS) is 16.0. The number of thiocarbonyl (C=S) groups is 1. The Morgan fingerprint density at radius 2 is 1.97 bits per heavy atom. The van der Waals surface area contributed by atoms with Crippen LogP contribution in [0, 0.1) is 22.7 Å². The molecule has 2 aromatic rings. The highest BCUT2D eigenvalue weighted by atomic mass is 32.1. The highest BCUT2D eigenvalue weighted by Gasteiger charge is 2.32. The van der Waals surface area contributed by atoms with Crippen molar-refractivity contribution in [3.8, 4) is 6.07 Å². The van der Waals surface area contributed by atoms with E-state index in [9.17, 15) is 10.1 Å². The number of thiophene rings is 1. The van der Waals surface area contributed by atoms with E-state index in [1.165, 1.54) is 16.5 Å². The Labute approximate surface area is 200 Å². The molecule has 0 radical (unpaired) electrons. The van der Waals surface area contributed by atoms with E-state index in [1.807, 2.05) is 12.1 Å². The first-order valence-corrected chi connectivity index (χ1v) is 12.3. The van der Waals surface area contributed by atoms with E-state index in [0.717, 1.165) is 35.4 Å². The fraction of sp³-hybridized carbons (Fsp3) is 0.423. The average Bonchev–Trinajstić information content (AvgIpc) is 3.07. The maximum absolute atomic E-state index is 12.3. The third kappa shape index (κ3) is 5.85. The Kier molecular flexibility index (Phi) is 7.53. The van der Waals surface area contributed by atoms with Crippen LogP contribution in [0.25, 0.3) is 6.08 Å². The van der Waals surface area contributed by atoms with Crippen LogP contribution in [0.4, 0.5) is 5.00 Å². The van der Waals surface area contributed by atoms with Crippen molar-refractivity contribution in [3.63, 3.8) is 0 Å². The fourth-order valence-electron chi connectivity index (χ4n) is 3.98. The number of hydrogen-bond donors (Lipinski definition) is 2. The number of nitriles is 1. The number of carbonyl (C=O) groups excluding carboxylic acids is 1. The van der Waals surface area contributed by atoms with E-state index in [1.54, 1.807) is 17.4 Å². The second-order valence-corrected chi connectivity index (χ2v) is 11.2. The smallest absolute Gasteiger partial charge is 0.250 e. The standard InChI is InChI=1S/C26H31N3OS2/c1-16(2)18-9-6-17(7-10-18)8-13-23(30)28-25(31)29-24-21(15-27)20-12-11-19(26(3,4)5)14-22(20)32-24/h6-10,13,16,19H,11-12,14H2,1-5H3,(H2,28,29,30,31)/b13-8+/t19-/m1/s1. The first-order chi connectivity index (χ1) is 15.1. The number of nitrogens with zero attached hydrogens (tertiary/aromatic N) is 1. The van der Waals surface area contributed by atoms with Crippen LogP contribution < -0.4 is 10.6 Å². The monoisotopic (exact) mass is 465 g/mol. The van der Waals surface area contributed by atoms with Crippen molar-refractivity contribution in [2.24, 2.45) is 11.3 Å². The van der Waals surface area contributed by atoms with Crippen LogP contribution in [0.2, 0.25) is 0 Å². The number of anilines is 1. The molecule has 0 saturated carbocycles. The summed E-state index contributed by atoms with van der Waals surface area (Å²) in [6.07, 6.45) is 6.22. The summed E-state index contributed by atoms with van der Waals surface area (Å²) >= 11 is 6.93. The predicted octanol–water partition coefficient (Wildman–Crippen LogP) is 6.42. The summed E-state index contributed by atoms with van der Waals surface area (Å²) in [4.78, 5) is 13.6. The van der Waals surface area contributed by atoms with Crippen LogP contribution in [-0.2, 0) is 17.6 Å². The van der Waals surface area contributed by atoms with Crippen molar-refractivity contribution >= 4 is 45.7 Å². The first-order valence-electron chi connectivity index (χ1n) is 11.0. The zero-order valence-electron chi connectivity index (χ0n) is 19.4. The molecular formula is C26H31N3OS2. The lowest BCUT2D eigenvalue weighted by molar-refractivity contribution is -0.115. The molecule has 0 spiro atoms. The molecule has 6 heteroatoms. The number of fused-ring (bicyclic) bond motifs is 1. The minimum atomic E-state index is -0.303. The number of amides is 1. The van der Waals surface area contributed by atoms with E-state index < -0.39 is 0 Å². The lowest BCUT2D eigenvalue weighted by Gasteiger charge is -2.33. The number of nitrogens with one attached hydrogen (secondary N) is 2. The minimum Gasteiger partial charge on any atom is -0.323 e. The van der Waals surface area contributed by atoms with Gasteiger partial charge in [0.1, 0.15) is 11.1 Å². The molecule has 4 nitrogen and oxygen atoms in total. The highest BCUT2D eigenvalue weighted by Crippen LogP contribution is 2.43. The van der Waals surface area contributed by atoms with E-state index in [2.05, 4.69) is 63.5 Å². The van der Waals surface area contributed by atoms with Gasteiger partial charge in [0.05, 0.1) is 5.56 Å². The maximum Gasteiger partial charge on any atom is 0.250 e. The molecule has 0 bridgehead atoms. The van der Waals surface area contributed by atoms with E-state index >= 15 is 0 Å². The molecule has 1 aromatic heterocycles. The largest absolute Gasteiger partial charge is 0.323 e. The van der Waals surface area contributed by atoms with Gasteiger partial charge >= 0.3 is 0 Å². The van der Waals surface area contributed by atoms with Crippen LogP contribution in [-0.4, -0.2) is 11.0 Å². The van der Waals surface area contributed by atoms with Gasteiger partial charge in [0, 0.05) is 11.0 Å². The third-order valence-corrected chi connectivity index (χ3v) is 7.47. The Morgan fingerprint density at radius 1 is 1.28 bits per heavy atom. The molecular weight excluding hydrogens is 434 g/mol. The van der Waals surface area contributed by atoms with Gasteiger partial charge in [-0.3, -0.25) is 10.1 Å². The lowest BCUT2D eigenvalue weighted by atomic mass is 9.72. The SMILES string of the molecule is CC(C)c1ccc(/C=C/C(=O)NC(=S)Nc2sc3c(c2C#N)CC[C@@H](C(C)(C)C)C3)cc1. The van der Waals surface area contributed by atoms with Gasteiger partial charge in [-0.15, -0.1) is 11.3 Å². The zero-order chi connectivity index (χ0) is 23.5. The molecule has 1 heterocycles. The molecule has 1 amide bonds. The van der Waals surface area contributed by atoms with E-state index in [-0.39, 0.29) is 16.4 Å². The number of benzene rings is 1. The molecule has 0 aliphatic heterocycles. The molecule has 2 N–H and O–H groups in total. The summed E-state index contributed by atoms with van der Waals surface area (Å²) in [5.41, 5.74) is 4.26. The van der Waals surface area contributed by atoms with Crippen LogP contribution >= 0.6 is 23.6 Å². The van der Waals surface area contributed by atoms with Crippen molar-refractivity contribution in [3.05, 3.63) is 57.5 Å². The highest BCUT2D eigenvalue weighted by molar-refractivity contribution is 7.80. The average molecular weight is 466 g/mol. The molecule has 1 atom stereocenters. The van der Waals surface area contributed by atoms with Gasteiger partial charge in [0.15, 0.2) is 5.11 Å². The van der Waals surface area contributed by atoms with Crippen molar-refractivity contribution in [2.45, 2.75) is 59.8 Å². The lowest BCUT2D eigenvalue weighted by Crippen LogP contribution is -2.32. The van der Waals surface area contributed by atoms with E-state index in [0.29, 0.717) is 17.4 Å². The molecule has 1 aromatic carbocycles. The van der Waals surface area contributed by atoms with Gasteiger partial charge in [-0.25, -0.2) is 0 Å². The number of rotatable bonds is 4. The fourth-order valence-corrected chi connectivity index (χ4v) is 5.53. The Morgan fingerprint density at radius 3 is 2.56 bits per heavy atom. The number of hydrogen-bond acceptors (Lipinski definition) is 4. The molecule has 0 fully saturated rings. The Balaban J connectivity index is 1.63. The van der Waals surface area contributed by atoms with Crippen molar-refractivity contribution < 1.29 is 4.79 Å². The topological polar surface area (TPSA) is 64.9 Å². The molecule has 3 rings (SSSR count). The van der Waals surface area contributed by atoms with Crippen LogP contribution in [0.15, 0.2) is 30.3 Å². The quantitative estimate of drug-likeness (QED) is 0.404. The second kappa shape index (κ2) is 9.97. The Bertz CT molecular complexity index is 1070. The van der Waals surface area contributed by atoms with Crippen molar-refractivity contribution in [1.29, 1.82) is 5.26 Å². The van der Waals surface area contributed by atoms with Gasteiger partial charge in [-0.05, 0) is 71.5 Å². The van der Waals surface area contributed by atoms with Gasteiger partial charge in [-0.2, -0.15) is 5.26 Å². The third-order valence-electron chi connectivity index (χ3n) is 6.10. The molecule has 0 unspecified atom stereocenters. The maximum atomic E-state index is 12.3. The second-order valence-electron chi connectivity index (χ2n) is 9.72. The Hall–Kier alpha value is -2.49. The van der Waals surface area contributed by atoms with Gasteiger partial charge in [0.25, 0.3) is 0 Å². The zero-order valence-corrected chi connectivity index (χ0v) is 21.0. The van der Waals surface area contributed by atoms with Gasteiger partial charge < -0.3 is 5.32 Å². The predicted molar refractivity (Wildman–Crippen MR) is 138 cm³/mol. The van der Waals surface area contributed by atoms with Crippen molar-refractivity contribution in [2.75, 3.05) is 5.32 Å². The summed E-state index contributed by atoms with van der Waals surface area (Å²) in [6.45, 7) is 11.1. The van der Waals surface area contributed by atoms with Gasteiger partial charge in [0.2, 0.25) is 5.91 Å². The summed E-state index contributed by atoms with van der Waals surface area (Å²) in [7, 11) is 0. The van der Waals surface area contributed by atoms with E-state index in [4.69, 9.17) is 12.2 Å². The molecule has 0 saturated heterocycles. The van der Waals surface area contributed by atoms with Crippen molar-refractivity contribution in [1.82, 2.24) is 5.32 Å². The molecule has 1 aliphatic rings. The summed E-state index contributed by atoms with van der Waals surface area (Å²) in [5, 5.41) is 16.4.